The van der Waals surface area contributed by atoms with E-state index in [1.165, 1.54) is 30.5 Å². The van der Waals surface area contributed by atoms with Crippen LogP contribution in [0.1, 0.15) is 42.3 Å². The Morgan fingerprint density at radius 3 is 2.63 bits per heavy atom. The lowest BCUT2D eigenvalue weighted by Crippen LogP contribution is -2.40. The molecule has 1 aliphatic rings. The number of hydrogen-bond acceptors (Lipinski definition) is 4. The lowest BCUT2D eigenvalue weighted by atomic mass is 9.97. The van der Waals surface area contributed by atoms with Crippen LogP contribution in [0.4, 0.5) is 20.6 Å². The Morgan fingerprint density at radius 1 is 1.20 bits per heavy atom. The van der Waals surface area contributed by atoms with Gasteiger partial charge in [-0.05, 0) is 76.0 Å². The van der Waals surface area contributed by atoms with Crippen LogP contribution < -0.4 is 16.0 Å². The standard InChI is InChI=1S/C22H29FN4O3/c1-3-9-27-10-6-16(7-11-27)14-24-22(29)25-17-4-5-19(23)20(13-17)26-21(28)18-8-12-30-15(18)2/h4-5,8,12-13,16H,3,6-7,9-11,14H2,1-2H3,(H,26,28)(H2,24,25,29). The van der Waals surface area contributed by atoms with Gasteiger partial charge in [0, 0.05) is 12.2 Å². The summed E-state index contributed by atoms with van der Waals surface area (Å²) < 4.78 is 19.2. The van der Waals surface area contributed by atoms with E-state index in [0.29, 0.717) is 29.5 Å². The van der Waals surface area contributed by atoms with Crippen molar-refractivity contribution in [2.75, 3.05) is 36.8 Å². The van der Waals surface area contributed by atoms with E-state index in [1.807, 2.05) is 0 Å². The molecule has 3 rings (SSSR count). The van der Waals surface area contributed by atoms with Crippen molar-refractivity contribution in [2.45, 2.75) is 33.1 Å². The monoisotopic (exact) mass is 416 g/mol. The van der Waals surface area contributed by atoms with Crippen LogP contribution in [0.3, 0.4) is 0 Å². The summed E-state index contributed by atoms with van der Waals surface area (Å²) in [5.41, 5.74) is 0.711. The topological polar surface area (TPSA) is 86.6 Å². The minimum absolute atomic E-state index is 0.0123. The number of carbonyl (C=O) groups excluding carboxylic acids is 2. The molecular weight excluding hydrogens is 387 g/mol. The van der Waals surface area contributed by atoms with Gasteiger partial charge in [0.15, 0.2) is 0 Å². The maximum atomic E-state index is 14.1. The van der Waals surface area contributed by atoms with Crippen LogP contribution in [0.15, 0.2) is 34.9 Å². The average molecular weight is 416 g/mol. The van der Waals surface area contributed by atoms with Gasteiger partial charge in [0.1, 0.15) is 11.6 Å². The summed E-state index contributed by atoms with van der Waals surface area (Å²) in [6, 6.07) is 5.23. The number of rotatable bonds is 7. The molecule has 0 radical (unpaired) electrons. The quantitative estimate of drug-likeness (QED) is 0.631. The van der Waals surface area contributed by atoms with E-state index >= 15 is 0 Å². The van der Waals surface area contributed by atoms with Gasteiger partial charge in [-0.3, -0.25) is 4.79 Å². The van der Waals surface area contributed by atoms with Crippen molar-refractivity contribution in [1.29, 1.82) is 0 Å². The number of hydrogen-bond donors (Lipinski definition) is 3. The summed E-state index contributed by atoms with van der Waals surface area (Å²) in [6.07, 6.45) is 4.70. The summed E-state index contributed by atoms with van der Waals surface area (Å²) in [5, 5.41) is 8.11. The van der Waals surface area contributed by atoms with Crippen molar-refractivity contribution in [1.82, 2.24) is 10.2 Å². The molecule has 0 atom stereocenters. The molecule has 2 aromatic rings. The van der Waals surface area contributed by atoms with Crippen LogP contribution in [0, 0.1) is 18.7 Å². The highest BCUT2D eigenvalue weighted by Crippen LogP contribution is 2.21. The average Bonchev–Trinajstić information content (AvgIpc) is 3.16. The predicted octanol–water partition coefficient (Wildman–Crippen LogP) is 4.22. The van der Waals surface area contributed by atoms with Gasteiger partial charge in [-0.1, -0.05) is 6.92 Å². The molecule has 0 saturated carbocycles. The van der Waals surface area contributed by atoms with Crippen LogP contribution in [-0.4, -0.2) is 43.0 Å². The highest BCUT2D eigenvalue weighted by atomic mass is 19.1. The second kappa shape index (κ2) is 10.2. The summed E-state index contributed by atoms with van der Waals surface area (Å²) in [5.74, 6) is -0.155. The Bertz CT molecular complexity index is 875. The van der Waals surface area contributed by atoms with Crippen molar-refractivity contribution in [3.8, 4) is 0 Å². The van der Waals surface area contributed by atoms with Crippen LogP contribution in [0.25, 0.3) is 0 Å². The zero-order valence-corrected chi connectivity index (χ0v) is 17.5. The van der Waals surface area contributed by atoms with Gasteiger partial charge >= 0.3 is 6.03 Å². The van der Waals surface area contributed by atoms with E-state index < -0.39 is 11.7 Å². The van der Waals surface area contributed by atoms with Gasteiger partial charge < -0.3 is 25.3 Å². The van der Waals surface area contributed by atoms with E-state index in [9.17, 15) is 14.0 Å². The number of furan rings is 1. The van der Waals surface area contributed by atoms with E-state index in [0.717, 1.165) is 38.9 Å². The van der Waals surface area contributed by atoms with Gasteiger partial charge in [-0.15, -0.1) is 0 Å². The van der Waals surface area contributed by atoms with E-state index in [4.69, 9.17) is 4.42 Å². The summed E-state index contributed by atoms with van der Waals surface area (Å²) in [4.78, 5) is 27.0. The lowest BCUT2D eigenvalue weighted by molar-refractivity contribution is 0.102. The highest BCUT2D eigenvalue weighted by molar-refractivity contribution is 6.05. The second-order valence-electron chi connectivity index (χ2n) is 7.66. The van der Waals surface area contributed by atoms with Gasteiger partial charge in [-0.25, -0.2) is 9.18 Å². The number of halogens is 1. The highest BCUT2D eigenvalue weighted by Gasteiger charge is 2.19. The van der Waals surface area contributed by atoms with Crippen LogP contribution in [-0.2, 0) is 0 Å². The van der Waals surface area contributed by atoms with E-state index in [2.05, 4.69) is 27.8 Å². The molecule has 0 spiro atoms. The van der Waals surface area contributed by atoms with Crippen LogP contribution in [0.2, 0.25) is 0 Å². The fraction of sp³-hybridized carbons (Fsp3) is 0.455. The molecular formula is C22H29FN4O3. The molecule has 30 heavy (non-hydrogen) atoms. The SMILES string of the molecule is CCCN1CCC(CNC(=O)Nc2ccc(F)c(NC(=O)c3ccoc3C)c2)CC1. The molecule has 8 heteroatoms. The number of nitrogens with zero attached hydrogens (tertiary/aromatic N) is 1. The third kappa shape index (κ3) is 5.82. The predicted molar refractivity (Wildman–Crippen MR) is 114 cm³/mol. The molecule has 0 bridgehead atoms. The number of benzene rings is 1. The van der Waals surface area contributed by atoms with Crippen molar-refractivity contribution >= 4 is 23.3 Å². The first-order valence-electron chi connectivity index (χ1n) is 10.4. The zero-order chi connectivity index (χ0) is 21.5. The maximum absolute atomic E-state index is 14.1. The van der Waals surface area contributed by atoms with Gasteiger partial charge in [0.2, 0.25) is 0 Å². The molecule has 1 saturated heterocycles. The number of urea groups is 1. The summed E-state index contributed by atoms with van der Waals surface area (Å²) in [6.45, 7) is 7.71. The number of amides is 3. The molecule has 162 valence electrons. The van der Waals surface area contributed by atoms with Crippen LogP contribution >= 0.6 is 0 Å². The van der Waals surface area contributed by atoms with Gasteiger partial charge in [-0.2, -0.15) is 0 Å². The molecule has 1 aliphatic heterocycles. The lowest BCUT2D eigenvalue weighted by Gasteiger charge is -2.31. The first-order valence-corrected chi connectivity index (χ1v) is 10.4. The Kier molecular flexibility index (Phi) is 7.46. The number of piperidine rings is 1. The first-order chi connectivity index (χ1) is 14.5. The van der Waals surface area contributed by atoms with Crippen LogP contribution in [0.5, 0.6) is 0 Å². The Morgan fingerprint density at radius 2 is 1.97 bits per heavy atom. The number of anilines is 2. The summed E-state index contributed by atoms with van der Waals surface area (Å²) >= 11 is 0. The Labute approximate surface area is 176 Å². The smallest absolute Gasteiger partial charge is 0.319 e. The number of nitrogens with one attached hydrogen (secondary N) is 3. The molecule has 3 amide bonds. The second-order valence-corrected chi connectivity index (χ2v) is 7.66. The first kappa shape index (κ1) is 21.8. The van der Waals surface area contributed by atoms with E-state index in [-0.39, 0.29) is 11.7 Å². The number of aryl methyl sites for hydroxylation is 1. The van der Waals surface area contributed by atoms with Crippen molar-refractivity contribution < 1.29 is 18.4 Å². The molecule has 2 heterocycles. The Hall–Kier alpha value is -2.87. The van der Waals surface area contributed by atoms with Gasteiger partial charge in [0.05, 0.1) is 17.5 Å². The molecule has 1 fully saturated rings. The zero-order valence-electron chi connectivity index (χ0n) is 17.5. The normalized spacial score (nSPS) is 15.0. The molecule has 7 nitrogen and oxygen atoms in total. The fourth-order valence-corrected chi connectivity index (χ4v) is 3.65. The maximum Gasteiger partial charge on any atom is 0.319 e. The largest absolute Gasteiger partial charge is 0.469 e. The molecule has 0 aliphatic carbocycles. The Balaban J connectivity index is 1.50. The molecule has 1 aromatic heterocycles. The third-order valence-corrected chi connectivity index (χ3v) is 5.37. The number of likely N-dealkylation sites (tertiary alicyclic amines) is 1. The van der Waals surface area contributed by atoms with Crippen molar-refractivity contribution in [2.24, 2.45) is 5.92 Å². The molecule has 3 N–H and O–H groups in total. The minimum atomic E-state index is -0.589. The van der Waals surface area contributed by atoms with Crippen molar-refractivity contribution in [3.05, 3.63) is 47.7 Å². The van der Waals surface area contributed by atoms with Gasteiger partial charge in [0.25, 0.3) is 5.91 Å². The van der Waals surface area contributed by atoms with Crippen molar-refractivity contribution in [3.63, 3.8) is 0 Å². The minimum Gasteiger partial charge on any atom is -0.469 e. The third-order valence-electron chi connectivity index (χ3n) is 5.37. The fourth-order valence-electron chi connectivity index (χ4n) is 3.65. The number of carbonyl (C=O) groups is 2. The molecule has 0 unspecified atom stereocenters. The van der Waals surface area contributed by atoms with E-state index in [1.54, 1.807) is 6.92 Å². The molecule has 1 aromatic carbocycles. The summed E-state index contributed by atoms with van der Waals surface area (Å²) in [7, 11) is 0.